The van der Waals surface area contributed by atoms with E-state index in [1.165, 1.54) is 0 Å². The first kappa shape index (κ1) is 22.6. The standard InChI is InChI=1S/C25H26N2O3S/c26-15-19-9-11-20(12-10-19)16-30-25(29)21-7-4-8-23(14-21)27-24(28)22(17-31)13-18-5-2-1-3-6-18/h1-12,14,22,31H,13,15-17,26H2,(H,27,28). The van der Waals surface area contributed by atoms with Crippen LogP contribution in [-0.2, 0) is 29.1 Å². The van der Waals surface area contributed by atoms with E-state index in [4.69, 9.17) is 10.5 Å². The van der Waals surface area contributed by atoms with Crippen molar-refractivity contribution in [3.8, 4) is 0 Å². The van der Waals surface area contributed by atoms with Crippen LogP contribution in [0.3, 0.4) is 0 Å². The lowest BCUT2D eigenvalue weighted by Crippen LogP contribution is -2.26. The van der Waals surface area contributed by atoms with Gasteiger partial charge >= 0.3 is 5.97 Å². The van der Waals surface area contributed by atoms with Crippen molar-refractivity contribution in [2.45, 2.75) is 19.6 Å². The number of nitrogens with two attached hydrogens (primary N) is 1. The molecule has 0 heterocycles. The van der Waals surface area contributed by atoms with E-state index in [0.717, 1.165) is 16.7 Å². The van der Waals surface area contributed by atoms with Crippen molar-refractivity contribution in [1.82, 2.24) is 0 Å². The number of benzene rings is 3. The molecule has 0 fully saturated rings. The van der Waals surface area contributed by atoms with Gasteiger partial charge in [0.2, 0.25) is 5.91 Å². The van der Waals surface area contributed by atoms with Crippen LogP contribution in [0.2, 0.25) is 0 Å². The molecule has 5 nitrogen and oxygen atoms in total. The van der Waals surface area contributed by atoms with Gasteiger partial charge in [0.25, 0.3) is 0 Å². The predicted octanol–water partition coefficient (Wildman–Crippen LogP) is 4.23. The van der Waals surface area contributed by atoms with E-state index in [1.54, 1.807) is 24.3 Å². The lowest BCUT2D eigenvalue weighted by Gasteiger charge is -2.15. The minimum atomic E-state index is -0.450. The van der Waals surface area contributed by atoms with Crippen LogP contribution in [0, 0.1) is 5.92 Å². The molecule has 3 N–H and O–H groups in total. The fraction of sp³-hybridized carbons (Fsp3) is 0.200. The van der Waals surface area contributed by atoms with Crippen LogP contribution in [0.4, 0.5) is 5.69 Å². The molecule has 1 unspecified atom stereocenters. The molecule has 0 aromatic heterocycles. The third-order valence-electron chi connectivity index (χ3n) is 4.91. The summed E-state index contributed by atoms with van der Waals surface area (Å²) in [5, 5.41) is 2.89. The maximum atomic E-state index is 12.7. The van der Waals surface area contributed by atoms with Gasteiger partial charge in [-0.3, -0.25) is 4.79 Å². The van der Waals surface area contributed by atoms with Gasteiger partial charge in [0.05, 0.1) is 11.5 Å². The van der Waals surface area contributed by atoms with E-state index in [0.29, 0.717) is 30.0 Å². The van der Waals surface area contributed by atoms with Crippen molar-refractivity contribution in [3.63, 3.8) is 0 Å². The lowest BCUT2D eigenvalue weighted by atomic mass is 10.00. The molecule has 0 spiro atoms. The molecule has 0 aliphatic carbocycles. The summed E-state index contributed by atoms with van der Waals surface area (Å²) in [5.41, 5.74) is 9.50. The fourth-order valence-electron chi connectivity index (χ4n) is 3.11. The number of thiol groups is 1. The maximum Gasteiger partial charge on any atom is 0.338 e. The zero-order valence-corrected chi connectivity index (χ0v) is 18.1. The lowest BCUT2D eigenvalue weighted by molar-refractivity contribution is -0.119. The Balaban J connectivity index is 1.59. The van der Waals surface area contributed by atoms with Gasteiger partial charge in [-0.05, 0) is 41.3 Å². The normalized spacial score (nSPS) is 11.5. The highest BCUT2D eigenvalue weighted by Crippen LogP contribution is 2.17. The molecule has 1 atom stereocenters. The summed E-state index contributed by atoms with van der Waals surface area (Å²) in [6.07, 6.45) is 0.598. The molecular weight excluding hydrogens is 408 g/mol. The molecule has 3 aromatic rings. The molecule has 1 amide bonds. The summed E-state index contributed by atoms with van der Waals surface area (Å²) in [6.45, 7) is 0.636. The Labute approximate surface area is 188 Å². The number of esters is 1. The minimum Gasteiger partial charge on any atom is -0.457 e. The number of hydrogen-bond acceptors (Lipinski definition) is 5. The Bertz CT molecular complexity index is 1010. The monoisotopic (exact) mass is 434 g/mol. The molecule has 0 aliphatic rings. The Hall–Kier alpha value is -3.09. The second-order valence-corrected chi connectivity index (χ2v) is 7.60. The van der Waals surface area contributed by atoms with Gasteiger partial charge in [-0.25, -0.2) is 4.79 Å². The molecule has 0 radical (unpaired) electrons. The quantitative estimate of drug-likeness (QED) is 0.348. The maximum absolute atomic E-state index is 12.7. The average molecular weight is 435 g/mol. The highest BCUT2D eigenvalue weighted by molar-refractivity contribution is 7.80. The summed E-state index contributed by atoms with van der Waals surface area (Å²) in [5.74, 6) is -0.443. The van der Waals surface area contributed by atoms with Gasteiger partial charge < -0.3 is 15.8 Å². The van der Waals surface area contributed by atoms with Crippen LogP contribution in [0.15, 0.2) is 78.9 Å². The molecule has 3 rings (SSSR count). The van der Waals surface area contributed by atoms with Crippen LogP contribution in [-0.4, -0.2) is 17.6 Å². The van der Waals surface area contributed by atoms with Crippen LogP contribution in [0.25, 0.3) is 0 Å². The van der Waals surface area contributed by atoms with E-state index in [9.17, 15) is 9.59 Å². The number of carbonyl (C=O) groups is 2. The summed E-state index contributed by atoms with van der Waals surface area (Å²) < 4.78 is 5.40. The summed E-state index contributed by atoms with van der Waals surface area (Å²) >= 11 is 4.34. The molecule has 31 heavy (non-hydrogen) atoms. The van der Waals surface area contributed by atoms with Gasteiger partial charge in [-0.15, -0.1) is 0 Å². The molecule has 3 aromatic carbocycles. The summed E-state index contributed by atoms with van der Waals surface area (Å²) in [7, 11) is 0. The molecule has 160 valence electrons. The number of ether oxygens (including phenoxy) is 1. The zero-order valence-electron chi connectivity index (χ0n) is 17.2. The van der Waals surface area contributed by atoms with Gasteiger partial charge in [-0.2, -0.15) is 12.6 Å². The van der Waals surface area contributed by atoms with Crippen molar-refractivity contribution in [2.24, 2.45) is 11.7 Å². The number of nitrogens with one attached hydrogen (secondary N) is 1. The van der Waals surface area contributed by atoms with Crippen LogP contribution >= 0.6 is 12.6 Å². The fourth-order valence-corrected chi connectivity index (χ4v) is 3.41. The Morgan fingerprint density at radius 3 is 2.29 bits per heavy atom. The molecule has 0 saturated heterocycles. The van der Waals surface area contributed by atoms with Crippen LogP contribution in [0.1, 0.15) is 27.0 Å². The number of hydrogen-bond donors (Lipinski definition) is 3. The summed E-state index contributed by atoms with van der Waals surface area (Å²) in [4.78, 5) is 25.2. The third kappa shape index (κ3) is 6.70. The van der Waals surface area contributed by atoms with E-state index < -0.39 is 5.97 Å². The van der Waals surface area contributed by atoms with E-state index in [1.807, 2.05) is 54.6 Å². The number of anilines is 1. The zero-order chi connectivity index (χ0) is 22.1. The predicted molar refractivity (Wildman–Crippen MR) is 126 cm³/mol. The van der Waals surface area contributed by atoms with Gasteiger partial charge in [0.15, 0.2) is 0 Å². The number of carbonyl (C=O) groups excluding carboxylic acids is 2. The van der Waals surface area contributed by atoms with Crippen LogP contribution in [0.5, 0.6) is 0 Å². The van der Waals surface area contributed by atoms with E-state index >= 15 is 0 Å². The van der Waals surface area contributed by atoms with E-state index in [-0.39, 0.29) is 18.4 Å². The van der Waals surface area contributed by atoms with Crippen molar-refractivity contribution in [3.05, 3.63) is 101 Å². The van der Waals surface area contributed by atoms with E-state index in [2.05, 4.69) is 17.9 Å². The van der Waals surface area contributed by atoms with Gasteiger partial charge in [0.1, 0.15) is 6.61 Å². The summed E-state index contributed by atoms with van der Waals surface area (Å²) in [6, 6.07) is 24.2. The second kappa shape index (κ2) is 11.3. The molecule has 0 aliphatic heterocycles. The first-order valence-corrected chi connectivity index (χ1v) is 10.7. The Morgan fingerprint density at radius 2 is 1.61 bits per heavy atom. The molecule has 0 bridgehead atoms. The number of amides is 1. The van der Waals surface area contributed by atoms with Crippen molar-refractivity contribution in [1.29, 1.82) is 0 Å². The van der Waals surface area contributed by atoms with Gasteiger partial charge in [0, 0.05) is 18.0 Å². The third-order valence-corrected chi connectivity index (χ3v) is 5.35. The first-order valence-electron chi connectivity index (χ1n) is 10.1. The van der Waals surface area contributed by atoms with Gasteiger partial charge in [-0.1, -0.05) is 60.7 Å². The SMILES string of the molecule is NCc1ccc(COC(=O)c2cccc(NC(=O)C(CS)Cc3ccccc3)c2)cc1. The smallest absolute Gasteiger partial charge is 0.338 e. The highest BCUT2D eigenvalue weighted by atomic mass is 32.1. The van der Waals surface area contributed by atoms with Crippen molar-refractivity contribution >= 4 is 30.2 Å². The molecule has 6 heteroatoms. The van der Waals surface area contributed by atoms with Crippen molar-refractivity contribution < 1.29 is 14.3 Å². The van der Waals surface area contributed by atoms with Crippen LogP contribution < -0.4 is 11.1 Å². The minimum absolute atomic E-state index is 0.135. The highest BCUT2D eigenvalue weighted by Gasteiger charge is 2.18. The number of rotatable bonds is 9. The molecule has 0 saturated carbocycles. The second-order valence-electron chi connectivity index (χ2n) is 7.24. The first-order chi connectivity index (χ1) is 15.1. The Kier molecular flexibility index (Phi) is 8.27. The largest absolute Gasteiger partial charge is 0.457 e. The Morgan fingerprint density at radius 1 is 0.903 bits per heavy atom. The molecular formula is C25H26N2O3S. The average Bonchev–Trinajstić information content (AvgIpc) is 2.82. The van der Waals surface area contributed by atoms with Crippen molar-refractivity contribution in [2.75, 3.05) is 11.1 Å². The topological polar surface area (TPSA) is 81.4 Å².